The maximum Gasteiger partial charge on any atom is 0.242 e. The number of amides is 1. The number of nitrogens with zero attached hydrogens (tertiary/aromatic N) is 4. The molecule has 0 radical (unpaired) electrons. The third kappa shape index (κ3) is 4.16. The standard InChI is InChI=1S/C26H31Cl2N5O/c1-17-15-31(11-12-32(17)25(34)26(3)9-4-10-30-26)20-6-8-23-24(14-20)33(16-29-23)18(2)21-7-5-19(27)13-22(21)28/h5-8,13-14,16-18,30H,4,9-12,15H2,1-3H3/t17-,18-,26-/m1/s1. The lowest BCUT2D eigenvalue weighted by Crippen LogP contribution is -2.61. The molecule has 3 atom stereocenters. The minimum absolute atomic E-state index is 0.0121. The molecular formula is C26H31Cl2N5O. The Kier molecular flexibility index (Phi) is 6.25. The van der Waals surface area contributed by atoms with E-state index < -0.39 is 5.54 Å². The number of halogens is 2. The molecule has 2 saturated heterocycles. The summed E-state index contributed by atoms with van der Waals surface area (Å²) in [5.74, 6) is 0.236. The van der Waals surface area contributed by atoms with Gasteiger partial charge >= 0.3 is 0 Å². The predicted octanol–water partition coefficient (Wildman–Crippen LogP) is 5.13. The van der Waals surface area contributed by atoms with Crippen LogP contribution in [0.4, 0.5) is 5.69 Å². The summed E-state index contributed by atoms with van der Waals surface area (Å²) in [4.78, 5) is 22.3. The summed E-state index contributed by atoms with van der Waals surface area (Å²) in [5.41, 5.74) is 3.74. The second-order valence-electron chi connectivity index (χ2n) is 9.82. The second-order valence-corrected chi connectivity index (χ2v) is 10.7. The number of hydrogen-bond acceptors (Lipinski definition) is 4. The number of fused-ring (bicyclic) bond motifs is 1. The van der Waals surface area contributed by atoms with E-state index in [2.05, 4.69) is 56.7 Å². The number of hydrogen-bond donors (Lipinski definition) is 1. The van der Waals surface area contributed by atoms with E-state index in [1.54, 1.807) is 6.07 Å². The molecule has 2 fully saturated rings. The molecule has 1 amide bonds. The quantitative estimate of drug-likeness (QED) is 0.540. The van der Waals surface area contributed by atoms with Crippen LogP contribution >= 0.6 is 23.2 Å². The van der Waals surface area contributed by atoms with Crippen molar-refractivity contribution in [3.05, 3.63) is 58.3 Å². The first-order chi connectivity index (χ1) is 16.3. The lowest BCUT2D eigenvalue weighted by molar-refractivity contribution is -0.139. The Bertz CT molecular complexity index is 1220. The van der Waals surface area contributed by atoms with Crippen molar-refractivity contribution in [2.75, 3.05) is 31.1 Å². The Balaban J connectivity index is 1.37. The summed E-state index contributed by atoms with van der Waals surface area (Å²) >= 11 is 12.6. The van der Waals surface area contributed by atoms with Crippen LogP contribution in [0.15, 0.2) is 42.7 Å². The molecule has 0 unspecified atom stereocenters. The van der Waals surface area contributed by atoms with Crippen molar-refractivity contribution in [3.63, 3.8) is 0 Å². The van der Waals surface area contributed by atoms with Gasteiger partial charge in [0.15, 0.2) is 0 Å². The molecule has 5 rings (SSSR count). The Labute approximate surface area is 210 Å². The number of rotatable bonds is 4. The lowest BCUT2D eigenvalue weighted by Gasteiger charge is -2.43. The first-order valence-corrected chi connectivity index (χ1v) is 12.7. The summed E-state index contributed by atoms with van der Waals surface area (Å²) in [6.45, 7) is 9.58. The molecule has 1 aromatic heterocycles. The van der Waals surface area contributed by atoms with Crippen LogP contribution in [-0.4, -0.2) is 58.1 Å². The molecule has 1 N–H and O–H groups in total. The number of carbonyl (C=O) groups excluding carboxylic acids is 1. The Hall–Kier alpha value is -2.28. The van der Waals surface area contributed by atoms with E-state index in [0.717, 1.165) is 61.3 Å². The first kappa shape index (κ1) is 23.5. The normalized spacial score (nSPS) is 24.1. The maximum absolute atomic E-state index is 13.2. The predicted molar refractivity (Wildman–Crippen MR) is 139 cm³/mol. The first-order valence-electron chi connectivity index (χ1n) is 12.0. The molecule has 34 heavy (non-hydrogen) atoms. The van der Waals surface area contributed by atoms with Crippen molar-refractivity contribution in [2.24, 2.45) is 0 Å². The second kappa shape index (κ2) is 9.06. The fraction of sp³-hybridized carbons (Fsp3) is 0.462. The Morgan fingerprint density at radius 1 is 1.21 bits per heavy atom. The monoisotopic (exact) mass is 499 g/mol. The third-order valence-corrected chi connectivity index (χ3v) is 8.04. The number of imidazole rings is 1. The van der Waals surface area contributed by atoms with Gasteiger partial charge in [-0.2, -0.15) is 0 Å². The molecule has 180 valence electrons. The molecule has 0 spiro atoms. The molecular weight excluding hydrogens is 469 g/mol. The van der Waals surface area contributed by atoms with Crippen molar-refractivity contribution < 1.29 is 4.79 Å². The SMILES string of the molecule is C[C@@H]1CN(c2ccc3ncn([C@H](C)c4ccc(Cl)cc4Cl)c3c2)CCN1C(=O)[C@@]1(C)CCCN1. The van der Waals surface area contributed by atoms with Crippen LogP contribution in [0.5, 0.6) is 0 Å². The maximum atomic E-state index is 13.2. The van der Waals surface area contributed by atoms with Gasteiger partial charge in [0.2, 0.25) is 5.91 Å². The van der Waals surface area contributed by atoms with Crippen LogP contribution in [0.25, 0.3) is 11.0 Å². The van der Waals surface area contributed by atoms with Gasteiger partial charge < -0.3 is 19.7 Å². The van der Waals surface area contributed by atoms with E-state index >= 15 is 0 Å². The molecule has 2 aliphatic heterocycles. The summed E-state index contributed by atoms with van der Waals surface area (Å²) in [7, 11) is 0. The van der Waals surface area contributed by atoms with E-state index in [4.69, 9.17) is 23.2 Å². The van der Waals surface area contributed by atoms with Crippen LogP contribution < -0.4 is 10.2 Å². The number of carbonyl (C=O) groups is 1. The van der Waals surface area contributed by atoms with Crippen molar-refractivity contribution in [1.29, 1.82) is 0 Å². The summed E-state index contributed by atoms with van der Waals surface area (Å²) < 4.78 is 2.16. The largest absolute Gasteiger partial charge is 0.368 e. The van der Waals surface area contributed by atoms with Crippen molar-refractivity contribution in [3.8, 4) is 0 Å². The van der Waals surface area contributed by atoms with Crippen LogP contribution in [0.2, 0.25) is 10.0 Å². The molecule has 6 nitrogen and oxygen atoms in total. The zero-order valence-electron chi connectivity index (χ0n) is 19.9. The van der Waals surface area contributed by atoms with Gasteiger partial charge in [0.05, 0.1) is 28.9 Å². The van der Waals surface area contributed by atoms with Crippen LogP contribution in [0.1, 0.15) is 45.2 Å². The molecule has 2 aromatic carbocycles. The topological polar surface area (TPSA) is 53.4 Å². The highest BCUT2D eigenvalue weighted by atomic mass is 35.5. The Morgan fingerprint density at radius 3 is 2.74 bits per heavy atom. The fourth-order valence-corrected chi connectivity index (χ4v) is 5.96. The molecule has 0 saturated carbocycles. The number of piperazine rings is 1. The average molecular weight is 500 g/mol. The number of anilines is 1. The minimum Gasteiger partial charge on any atom is -0.368 e. The average Bonchev–Trinajstić information content (AvgIpc) is 3.45. The molecule has 0 aliphatic carbocycles. The molecule has 3 aromatic rings. The van der Waals surface area contributed by atoms with Crippen molar-refractivity contribution in [1.82, 2.24) is 19.8 Å². The van der Waals surface area contributed by atoms with E-state index in [1.807, 2.05) is 25.4 Å². The smallest absolute Gasteiger partial charge is 0.242 e. The van der Waals surface area contributed by atoms with Gasteiger partial charge in [-0.15, -0.1) is 0 Å². The van der Waals surface area contributed by atoms with E-state index in [-0.39, 0.29) is 18.0 Å². The van der Waals surface area contributed by atoms with Crippen molar-refractivity contribution >= 4 is 45.8 Å². The molecule has 0 bridgehead atoms. The number of nitrogens with one attached hydrogen (secondary N) is 1. The van der Waals surface area contributed by atoms with Crippen LogP contribution in [-0.2, 0) is 4.79 Å². The molecule has 3 heterocycles. The van der Waals surface area contributed by atoms with Gasteiger partial charge in [-0.1, -0.05) is 29.3 Å². The van der Waals surface area contributed by atoms with Gasteiger partial charge in [0.1, 0.15) is 0 Å². The third-order valence-electron chi connectivity index (χ3n) is 7.48. The van der Waals surface area contributed by atoms with E-state index in [0.29, 0.717) is 10.0 Å². The van der Waals surface area contributed by atoms with Crippen molar-refractivity contribution in [2.45, 2.75) is 51.2 Å². The highest BCUT2D eigenvalue weighted by Gasteiger charge is 2.41. The lowest BCUT2D eigenvalue weighted by atomic mass is 9.96. The summed E-state index contributed by atoms with van der Waals surface area (Å²) in [6.07, 6.45) is 3.84. The van der Waals surface area contributed by atoms with Crippen LogP contribution in [0.3, 0.4) is 0 Å². The highest BCUT2D eigenvalue weighted by Crippen LogP contribution is 2.32. The fourth-order valence-electron chi connectivity index (χ4n) is 5.40. The number of aromatic nitrogens is 2. The molecule has 8 heteroatoms. The van der Waals surface area contributed by atoms with Crippen LogP contribution in [0, 0.1) is 0 Å². The Morgan fingerprint density at radius 2 is 2.03 bits per heavy atom. The van der Waals surface area contributed by atoms with Gasteiger partial charge in [0.25, 0.3) is 0 Å². The molecule has 2 aliphatic rings. The number of benzene rings is 2. The van der Waals surface area contributed by atoms with Gasteiger partial charge in [-0.25, -0.2) is 4.98 Å². The summed E-state index contributed by atoms with van der Waals surface area (Å²) in [5, 5.41) is 4.70. The van der Waals surface area contributed by atoms with E-state index in [1.165, 1.54) is 0 Å². The van der Waals surface area contributed by atoms with E-state index in [9.17, 15) is 4.79 Å². The zero-order chi connectivity index (χ0) is 24.0. The summed E-state index contributed by atoms with van der Waals surface area (Å²) in [6, 6.07) is 12.2. The van der Waals surface area contributed by atoms with Gasteiger partial charge in [-0.3, -0.25) is 4.79 Å². The zero-order valence-corrected chi connectivity index (χ0v) is 21.4. The highest BCUT2D eigenvalue weighted by molar-refractivity contribution is 6.35. The minimum atomic E-state index is -0.416. The van der Waals surface area contributed by atoms with Gasteiger partial charge in [-0.05, 0) is 76.1 Å². The van der Waals surface area contributed by atoms with Gasteiger partial charge in [0, 0.05) is 41.4 Å².